The van der Waals surface area contributed by atoms with Crippen LogP contribution in [0.25, 0.3) is 0 Å². The van der Waals surface area contributed by atoms with E-state index < -0.39 is 8.24 Å². The van der Waals surface area contributed by atoms with Crippen LogP contribution in [0.5, 0.6) is 0 Å². The van der Waals surface area contributed by atoms with Gasteiger partial charge in [-0.3, -0.25) is 0 Å². The van der Waals surface area contributed by atoms with Gasteiger partial charge in [-0.25, -0.2) is 9.98 Å². The van der Waals surface area contributed by atoms with Gasteiger partial charge in [-0.2, -0.15) is 0 Å². The van der Waals surface area contributed by atoms with E-state index in [1.165, 1.54) is 0 Å². The number of rotatable bonds is 2. The molecule has 0 saturated carbocycles. The van der Waals surface area contributed by atoms with Gasteiger partial charge in [0, 0.05) is 0 Å². The van der Waals surface area contributed by atoms with Crippen LogP contribution in [-0.4, -0.2) is 35.5 Å². The monoisotopic (exact) mass is 237 g/mol. The second-order valence-corrected chi connectivity index (χ2v) is 10.7. The summed E-state index contributed by atoms with van der Waals surface area (Å²) in [5, 5.41) is 0. The zero-order valence-electron chi connectivity index (χ0n) is 10.6. The summed E-state index contributed by atoms with van der Waals surface area (Å²) in [7, 11) is -1.45. The van der Waals surface area contributed by atoms with Crippen molar-refractivity contribution in [3.8, 4) is 0 Å². The molecule has 0 radical (unpaired) electrons. The van der Waals surface area contributed by atoms with E-state index in [1.54, 1.807) is 0 Å². The Kier molecular flexibility index (Phi) is 2.45. The summed E-state index contributed by atoms with van der Waals surface area (Å²) in [5.41, 5.74) is 0.911. The second-order valence-electron chi connectivity index (χ2n) is 5.84. The molecular weight excluding hydrogens is 218 g/mol. The highest BCUT2D eigenvalue weighted by Crippen LogP contribution is 2.21. The number of hydrogen-bond donors (Lipinski definition) is 0. The Bertz CT molecular complexity index is 429. The van der Waals surface area contributed by atoms with E-state index in [0.717, 1.165) is 11.6 Å². The van der Waals surface area contributed by atoms with Crippen molar-refractivity contribution < 1.29 is 4.74 Å². The molecule has 0 amide bonds. The fourth-order valence-electron chi connectivity index (χ4n) is 1.70. The van der Waals surface area contributed by atoms with Crippen LogP contribution in [0.15, 0.2) is 17.5 Å². The highest BCUT2D eigenvalue weighted by molar-refractivity contribution is 6.74. The molecule has 0 N–H and O–H groups in total. The summed E-state index contributed by atoms with van der Waals surface area (Å²) in [6, 6.07) is 0. The molecule has 0 aromatic carbocycles. The Balaban J connectivity index is 2.40. The Labute approximate surface area is 97.5 Å². The molecule has 0 bridgehead atoms. The predicted octanol–water partition coefficient (Wildman–Crippen LogP) is 2.12. The van der Waals surface area contributed by atoms with Gasteiger partial charge in [-0.1, -0.05) is 19.6 Å². The molecule has 2 rings (SSSR count). The third kappa shape index (κ3) is 2.04. The lowest BCUT2D eigenvalue weighted by molar-refractivity contribution is 0.279. The molecule has 5 heteroatoms. The van der Waals surface area contributed by atoms with Crippen LogP contribution in [0, 0.1) is 0 Å². The molecule has 1 aromatic rings. The van der Waals surface area contributed by atoms with E-state index in [-0.39, 0.29) is 5.54 Å². The van der Waals surface area contributed by atoms with Crippen molar-refractivity contribution in [3.63, 3.8) is 0 Å². The molecule has 2 heterocycles. The third-order valence-electron chi connectivity index (χ3n) is 2.55. The van der Waals surface area contributed by atoms with Gasteiger partial charge in [0.2, 0.25) is 5.90 Å². The van der Waals surface area contributed by atoms with Crippen molar-refractivity contribution in [2.24, 2.45) is 4.99 Å². The summed E-state index contributed by atoms with van der Waals surface area (Å²) in [5.74, 6) is 0.741. The highest BCUT2D eigenvalue weighted by atomic mass is 28.3. The van der Waals surface area contributed by atoms with Crippen molar-refractivity contribution >= 4 is 14.1 Å². The maximum Gasteiger partial charge on any atom is 0.234 e. The molecule has 4 nitrogen and oxygen atoms in total. The van der Waals surface area contributed by atoms with E-state index in [0.29, 0.717) is 6.61 Å². The Morgan fingerprint density at radius 3 is 2.56 bits per heavy atom. The number of hydrogen-bond acceptors (Lipinski definition) is 3. The Morgan fingerprint density at radius 1 is 1.38 bits per heavy atom. The van der Waals surface area contributed by atoms with Crippen LogP contribution < -0.4 is 0 Å². The van der Waals surface area contributed by atoms with E-state index in [2.05, 4.69) is 47.7 Å². The number of aromatic nitrogens is 2. The molecule has 0 fully saturated rings. The summed E-state index contributed by atoms with van der Waals surface area (Å²) in [4.78, 5) is 8.81. The van der Waals surface area contributed by atoms with Gasteiger partial charge in [-0.05, 0) is 13.8 Å². The molecule has 1 aromatic heterocycles. The first-order chi connectivity index (χ1) is 7.30. The van der Waals surface area contributed by atoms with Crippen molar-refractivity contribution in [1.82, 2.24) is 9.22 Å². The van der Waals surface area contributed by atoms with Gasteiger partial charge in [0.05, 0.1) is 18.1 Å². The molecule has 16 heavy (non-hydrogen) atoms. The topological polar surface area (TPSA) is 39.4 Å². The maximum atomic E-state index is 5.66. The smallest absolute Gasteiger partial charge is 0.234 e. The summed E-state index contributed by atoms with van der Waals surface area (Å²) in [6.07, 6.45) is 3.73. The lowest BCUT2D eigenvalue weighted by atomic mass is 10.1. The molecule has 88 valence electrons. The van der Waals surface area contributed by atoms with Gasteiger partial charge in [-0.15, -0.1) is 0 Å². The first kappa shape index (κ1) is 11.4. The summed E-state index contributed by atoms with van der Waals surface area (Å²) < 4.78 is 7.89. The van der Waals surface area contributed by atoms with Gasteiger partial charge in [0.1, 0.15) is 12.3 Å². The van der Waals surface area contributed by atoms with Gasteiger partial charge in [0.15, 0.2) is 8.24 Å². The molecule has 0 atom stereocenters. The maximum absolute atomic E-state index is 5.66. The number of aliphatic imine (C=N–C) groups is 1. The second kappa shape index (κ2) is 3.45. The summed E-state index contributed by atoms with van der Waals surface area (Å²) in [6.45, 7) is 11.6. The first-order valence-corrected chi connectivity index (χ1v) is 9.00. The molecule has 0 unspecified atom stereocenters. The zero-order valence-corrected chi connectivity index (χ0v) is 11.6. The van der Waals surface area contributed by atoms with E-state index in [9.17, 15) is 0 Å². The van der Waals surface area contributed by atoms with Gasteiger partial charge in [0.25, 0.3) is 0 Å². The van der Waals surface area contributed by atoms with Crippen molar-refractivity contribution in [2.45, 2.75) is 39.0 Å². The van der Waals surface area contributed by atoms with Crippen molar-refractivity contribution in [2.75, 3.05) is 6.61 Å². The van der Waals surface area contributed by atoms with E-state index in [1.807, 2.05) is 12.5 Å². The lowest BCUT2D eigenvalue weighted by Crippen LogP contribution is -2.34. The van der Waals surface area contributed by atoms with Crippen LogP contribution in [0.2, 0.25) is 19.6 Å². The first-order valence-electron chi connectivity index (χ1n) is 5.55. The minimum atomic E-state index is -1.45. The molecule has 1 aliphatic heterocycles. The number of nitrogens with zero attached hydrogens (tertiary/aromatic N) is 3. The van der Waals surface area contributed by atoms with Gasteiger partial charge >= 0.3 is 0 Å². The van der Waals surface area contributed by atoms with Crippen LogP contribution in [0.3, 0.4) is 0 Å². The van der Waals surface area contributed by atoms with Crippen molar-refractivity contribution in [1.29, 1.82) is 0 Å². The molecule has 1 aliphatic rings. The van der Waals surface area contributed by atoms with Crippen LogP contribution >= 0.6 is 0 Å². The predicted molar refractivity (Wildman–Crippen MR) is 67.5 cm³/mol. The fourth-order valence-corrected chi connectivity index (χ4v) is 2.99. The highest BCUT2D eigenvalue weighted by Gasteiger charge is 2.30. The quantitative estimate of drug-likeness (QED) is 0.739. The largest absolute Gasteiger partial charge is 0.474 e. The van der Waals surface area contributed by atoms with Crippen LogP contribution in [-0.2, 0) is 4.74 Å². The molecular formula is C11H19N3OSi. The molecule has 0 saturated heterocycles. The normalized spacial score (nSPS) is 19.4. The third-order valence-corrected chi connectivity index (χ3v) is 4.35. The van der Waals surface area contributed by atoms with E-state index in [4.69, 9.17) is 4.74 Å². The number of ether oxygens (including phenoxy) is 1. The van der Waals surface area contributed by atoms with Crippen molar-refractivity contribution in [3.05, 3.63) is 18.2 Å². The molecule has 0 spiro atoms. The minimum absolute atomic E-state index is 0.107. The summed E-state index contributed by atoms with van der Waals surface area (Å²) >= 11 is 0. The molecule has 0 aliphatic carbocycles. The lowest BCUT2D eigenvalue weighted by Gasteiger charge is -2.20. The van der Waals surface area contributed by atoms with E-state index >= 15 is 0 Å². The standard InChI is InChI=1S/C11H19N3OSi/c1-11(2)7-15-10(13-11)9-6-12-8-14(9)16(3,4)5/h6,8H,7H2,1-5H3. The average Bonchev–Trinajstić information content (AvgIpc) is 2.68. The van der Waals surface area contributed by atoms with Crippen LogP contribution in [0.4, 0.5) is 0 Å². The Hall–Kier alpha value is -1.10. The SMILES string of the molecule is CC1(C)COC(c2cncn2[Si](C)(C)C)=N1. The van der Waals surface area contributed by atoms with Gasteiger partial charge < -0.3 is 8.97 Å². The number of imidazole rings is 1. The minimum Gasteiger partial charge on any atom is -0.474 e. The average molecular weight is 237 g/mol. The fraction of sp³-hybridized carbons (Fsp3) is 0.636. The Morgan fingerprint density at radius 2 is 2.06 bits per heavy atom. The zero-order chi connectivity index (χ0) is 12.0. The van der Waals surface area contributed by atoms with Crippen LogP contribution in [0.1, 0.15) is 19.5 Å².